The summed E-state index contributed by atoms with van der Waals surface area (Å²) >= 11 is 1.68. The topological polar surface area (TPSA) is 70.1 Å². The van der Waals surface area contributed by atoms with E-state index in [-0.39, 0.29) is 12.0 Å². The first-order valence-corrected chi connectivity index (χ1v) is 10.6. The average molecular weight is 408 g/mol. The molecule has 1 aliphatic heterocycles. The lowest BCUT2D eigenvalue weighted by Crippen LogP contribution is -2.47. The maximum absolute atomic E-state index is 12.4. The molecule has 5 nitrogen and oxygen atoms in total. The number of hydrogen-bond donors (Lipinski definition) is 1. The van der Waals surface area contributed by atoms with Gasteiger partial charge in [-0.2, -0.15) is 0 Å². The van der Waals surface area contributed by atoms with Crippen LogP contribution < -0.4 is 5.73 Å². The highest BCUT2D eigenvalue weighted by Gasteiger charge is 2.42. The van der Waals surface area contributed by atoms with E-state index in [9.17, 15) is 4.79 Å². The number of aryl methyl sites for hydroxylation is 1. The van der Waals surface area contributed by atoms with Gasteiger partial charge in [0.05, 0.1) is 11.5 Å². The second-order valence-electron chi connectivity index (χ2n) is 7.55. The van der Waals surface area contributed by atoms with Crippen LogP contribution in [-0.2, 0) is 14.9 Å². The summed E-state index contributed by atoms with van der Waals surface area (Å²) in [5.74, 6) is 0.690. The molecule has 2 atom stereocenters. The molecule has 1 fully saturated rings. The van der Waals surface area contributed by atoms with Crippen molar-refractivity contribution in [1.29, 1.82) is 0 Å². The largest absolute Gasteiger partial charge is 0.378 e. The van der Waals surface area contributed by atoms with Gasteiger partial charge in [-0.1, -0.05) is 23.9 Å². The summed E-state index contributed by atoms with van der Waals surface area (Å²) in [6.07, 6.45) is 5.02. The van der Waals surface area contributed by atoms with Crippen molar-refractivity contribution in [3.8, 4) is 5.69 Å². The molecule has 0 aliphatic carbocycles. The van der Waals surface area contributed by atoms with Crippen LogP contribution in [0, 0.1) is 6.92 Å². The first-order valence-electron chi connectivity index (χ1n) is 9.78. The quantitative estimate of drug-likeness (QED) is 0.686. The molecule has 2 heterocycles. The number of carbonyl (C=O) groups excluding carboxylic acids is 1. The third kappa shape index (κ3) is 3.95. The standard InChI is InChI=1S/C23H25N3O2S/c1-16-15-23(22(24)27,10-13-28-16)18-4-3-5-21(14-18)29-20-8-6-19(7-9-20)26-12-11-25-17(26)2/h3-9,11-12,14,16H,10,13,15H2,1-2H3,(H2,24,27)/t16-,23-/m0/s1. The van der Waals surface area contributed by atoms with Gasteiger partial charge >= 0.3 is 0 Å². The molecule has 2 aromatic carbocycles. The highest BCUT2D eigenvalue weighted by Crippen LogP contribution is 2.39. The molecule has 1 aliphatic rings. The summed E-state index contributed by atoms with van der Waals surface area (Å²) in [5, 5.41) is 0. The minimum Gasteiger partial charge on any atom is -0.378 e. The van der Waals surface area contributed by atoms with Gasteiger partial charge in [0.25, 0.3) is 0 Å². The molecule has 4 rings (SSSR count). The van der Waals surface area contributed by atoms with E-state index in [1.165, 1.54) is 0 Å². The fraction of sp³-hybridized carbons (Fsp3) is 0.304. The Morgan fingerprint density at radius 2 is 2.03 bits per heavy atom. The van der Waals surface area contributed by atoms with Gasteiger partial charge in [-0.05, 0) is 68.7 Å². The van der Waals surface area contributed by atoms with E-state index in [2.05, 4.69) is 45.9 Å². The number of imidazole rings is 1. The maximum atomic E-state index is 12.4. The molecule has 0 bridgehead atoms. The predicted molar refractivity (Wildman–Crippen MR) is 114 cm³/mol. The van der Waals surface area contributed by atoms with Crippen molar-refractivity contribution in [2.75, 3.05) is 6.61 Å². The van der Waals surface area contributed by atoms with Crippen LogP contribution in [0.4, 0.5) is 0 Å². The van der Waals surface area contributed by atoms with Crippen molar-refractivity contribution in [2.45, 2.75) is 48.0 Å². The third-order valence-electron chi connectivity index (χ3n) is 5.60. The SMILES string of the molecule is Cc1nccn1-c1ccc(Sc2cccc([C@]3(C(N)=O)CCO[C@@H](C)C3)c2)cc1. The smallest absolute Gasteiger partial charge is 0.228 e. The van der Waals surface area contributed by atoms with Crippen LogP contribution in [0.1, 0.15) is 31.2 Å². The normalized spacial score (nSPS) is 21.8. The number of amides is 1. The molecule has 3 aromatic rings. The Morgan fingerprint density at radius 1 is 1.24 bits per heavy atom. The Balaban J connectivity index is 1.58. The zero-order chi connectivity index (χ0) is 20.4. The van der Waals surface area contributed by atoms with E-state index in [1.54, 1.807) is 18.0 Å². The number of nitrogens with two attached hydrogens (primary N) is 1. The lowest BCUT2D eigenvalue weighted by molar-refractivity contribution is -0.129. The summed E-state index contributed by atoms with van der Waals surface area (Å²) in [6, 6.07) is 16.6. The van der Waals surface area contributed by atoms with Crippen LogP contribution >= 0.6 is 11.8 Å². The van der Waals surface area contributed by atoms with E-state index in [0.717, 1.165) is 26.9 Å². The van der Waals surface area contributed by atoms with Crippen LogP contribution in [-0.4, -0.2) is 28.2 Å². The fourth-order valence-electron chi connectivity index (χ4n) is 4.03. The molecule has 0 radical (unpaired) electrons. The van der Waals surface area contributed by atoms with E-state index in [1.807, 2.05) is 32.2 Å². The summed E-state index contributed by atoms with van der Waals surface area (Å²) < 4.78 is 7.71. The van der Waals surface area contributed by atoms with Gasteiger partial charge in [0.15, 0.2) is 0 Å². The molecular weight excluding hydrogens is 382 g/mol. The van der Waals surface area contributed by atoms with Gasteiger partial charge in [-0.3, -0.25) is 4.79 Å². The van der Waals surface area contributed by atoms with Crippen molar-refractivity contribution < 1.29 is 9.53 Å². The Labute approximate surface area is 175 Å². The van der Waals surface area contributed by atoms with Crippen molar-refractivity contribution in [3.63, 3.8) is 0 Å². The monoisotopic (exact) mass is 407 g/mol. The molecule has 0 saturated carbocycles. The zero-order valence-corrected chi connectivity index (χ0v) is 17.5. The molecule has 6 heteroatoms. The minimum atomic E-state index is -0.656. The Bertz CT molecular complexity index is 1010. The Kier molecular flexibility index (Phi) is 5.48. The zero-order valence-electron chi connectivity index (χ0n) is 16.7. The molecule has 1 saturated heterocycles. The number of primary amides is 1. The van der Waals surface area contributed by atoms with Crippen molar-refractivity contribution in [3.05, 3.63) is 72.3 Å². The van der Waals surface area contributed by atoms with E-state index in [0.29, 0.717) is 19.4 Å². The minimum absolute atomic E-state index is 0.0201. The lowest BCUT2D eigenvalue weighted by atomic mass is 9.72. The van der Waals surface area contributed by atoms with E-state index < -0.39 is 5.41 Å². The van der Waals surface area contributed by atoms with Gasteiger partial charge in [0.1, 0.15) is 5.82 Å². The second kappa shape index (κ2) is 8.05. The van der Waals surface area contributed by atoms with Crippen LogP contribution in [0.3, 0.4) is 0 Å². The molecule has 1 amide bonds. The third-order valence-corrected chi connectivity index (χ3v) is 6.60. The maximum Gasteiger partial charge on any atom is 0.228 e. The van der Waals surface area contributed by atoms with Crippen LogP contribution in [0.15, 0.2) is 70.7 Å². The number of aromatic nitrogens is 2. The second-order valence-corrected chi connectivity index (χ2v) is 8.70. The van der Waals surface area contributed by atoms with Crippen molar-refractivity contribution in [1.82, 2.24) is 9.55 Å². The summed E-state index contributed by atoms with van der Waals surface area (Å²) in [4.78, 5) is 18.9. The van der Waals surface area contributed by atoms with Gasteiger partial charge < -0.3 is 15.0 Å². The van der Waals surface area contributed by atoms with Gasteiger partial charge in [0.2, 0.25) is 5.91 Å². The highest BCUT2D eigenvalue weighted by molar-refractivity contribution is 7.99. The molecule has 0 unspecified atom stereocenters. The average Bonchev–Trinajstić information content (AvgIpc) is 3.14. The van der Waals surface area contributed by atoms with Crippen LogP contribution in [0.25, 0.3) is 5.69 Å². The fourth-order valence-corrected chi connectivity index (χ4v) is 4.91. The van der Waals surface area contributed by atoms with Gasteiger partial charge in [-0.25, -0.2) is 4.98 Å². The number of ether oxygens (including phenoxy) is 1. The number of hydrogen-bond acceptors (Lipinski definition) is 4. The van der Waals surface area contributed by atoms with Crippen LogP contribution in [0.5, 0.6) is 0 Å². The molecular formula is C23H25N3O2S. The van der Waals surface area contributed by atoms with Crippen molar-refractivity contribution in [2.24, 2.45) is 5.73 Å². The predicted octanol–water partition coefficient (Wildman–Crippen LogP) is 4.25. The van der Waals surface area contributed by atoms with E-state index in [4.69, 9.17) is 10.5 Å². The summed E-state index contributed by atoms with van der Waals surface area (Å²) in [5.41, 5.74) is 7.28. The van der Waals surface area contributed by atoms with Gasteiger partial charge in [-0.15, -0.1) is 0 Å². The first-order chi connectivity index (χ1) is 14.0. The summed E-state index contributed by atoms with van der Waals surface area (Å²) in [6.45, 7) is 4.54. The molecule has 2 N–H and O–H groups in total. The molecule has 1 aromatic heterocycles. The number of benzene rings is 2. The Morgan fingerprint density at radius 3 is 2.69 bits per heavy atom. The van der Waals surface area contributed by atoms with Crippen molar-refractivity contribution >= 4 is 17.7 Å². The van der Waals surface area contributed by atoms with Crippen LogP contribution in [0.2, 0.25) is 0 Å². The summed E-state index contributed by atoms with van der Waals surface area (Å²) in [7, 11) is 0. The highest BCUT2D eigenvalue weighted by atomic mass is 32.2. The van der Waals surface area contributed by atoms with E-state index >= 15 is 0 Å². The number of rotatable bonds is 5. The van der Waals surface area contributed by atoms with Gasteiger partial charge in [0, 0.05) is 34.5 Å². The molecule has 150 valence electrons. The lowest BCUT2D eigenvalue weighted by Gasteiger charge is -2.38. The molecule has 0 spiro atoms. The first kappa shape index (κ1) is 19.7. The Hall–Kier alpha value is -2.57. The number of nitrogens with zero attached hydrogens (tertiary/aromatic N) is 2. The number of carbonyl (C=O) groups is 1. The molecule has 29 heavy (non-hydrogen) atoms.